The molecule has 1 amide bonds. The minimum Gasteiger partial charge on any atom is -0.482 e. The number of nitrogens with one attached hydrogen (secondary N) is 2. The van der Waals surface area contributed by atoms with Gasteiger partial charge in [-0.3, -0.25) is 4.79 Å². The third-order valence-electron chi connectivity index (χ3n) is 3.99. The topological polar surface area (TPSA) is 76.4 Å². The van der Waals surface area contributed by atoms with Crippen molar-refractivity contribution in [2.24, 2.45) is 0 Å². The van der Waals surface area contributed by atoms with Crippen molar-refractivity contribution >= 4 is 11.6 Å². The van der Waals surface area contributed by atoms with Crippen LogP contribution in [0.4, 0.5) is 5.69 Å². The highest BCUT2D eigenvalue weighted by atomic mass is 16.5. The van der Waals surface area contributed by atoms with Crippen LogP contribution in [0.5, 0.6) is 5.75 Å². The molecule has 2 N–H and O–H groups in total. The summed E-state index contributed by atoms with van der Waals surface area (Å²) in [5, 5.41) is 6.21. The number of ether oxygens (including phenoxy) is 1. The Morgan fingerprint density at radius 2 is 2.17 bits per heavy atom. The molecular weight excluding hydrogens is 306 g/mol. The molecule has 1 aromatic carbocycles. The normalized spacial score (nSPS) is 15.4. The van der Waals surface area contributed by atoms with E-state index >= 15 is 0 Å². The summed E-state index contributed by atoms with van der Waals surface area (Å²) in [5.41, 5.74) is 1.72. The molecule has 0 fully saturated rings. The van der Waals surface area contributed by atoms with Crippen molar-refractivity contribution in [1.82, 2.24) is 10.3 Å². The molecule has 0 bridgehead atoms. The largest absolute Gasteiger partial charge is 0.482 e. The van der Waals surface area contributed by atoms with Gasteiger partial charge in [0.15, 0.2) is 6.61 Å². The number of benzene rings is 1. The number of carbonyl (C=O) groups excluding carboxylic acids is 1. The van der Waals surface area contributed by atoms with E-state index in [-0.39, 0.29) is 24.0 Å². The number of nitrogens with zero attached hydrogens (tertiary/aromatic N) is 1. The van der Waals surface area contributed by atoms with Gasteiger partial charge >= 0.3 is 0 Å². The fourth-order valence-corrected chi connectivity index (χ4v) is 2.47. The molecule has 2 aromatic rings. The fraction of sp³-hybridized carbons (Fsp3) is 0.444. The van der Waals surface area contributed by atoms with Crippen LogP contribution in [0, 0.1) is 0 Å². The van der Waals surface area contributed by atoms with Crippen molar-refractivity contribution in [3.63, 3.8) is 0 Å². The molecule has 1 atom stereocenters. The van der Waals surface area contributed by atoms with Crippen molar-refractivity contribution in [1.29, 1.82) is 0 Å². The van der Waals surface area contributed by atoms with Crippen LogP contribution in [0.2, 0.25) is 0 Å². The van der Waals surface area contributed by atoms with Gasteiger partial charge in [-0.25, -0.2) is 4.98 Å². The number of rotatable bonds is 4. The number of hydrogen-bond donors (Lipinski definition) is 2. The van der Waals surface area contributed by atoms with E-state index in [1.165, 1.54) is 0 Å². The van der Waals surface area contributed by atoms with E-state index in [1.54, 1.807) is 6.20 Å². The Bertz CT molecular complexity index is 746. The lowest BCUT2D eigenvalue weighted by atomic mass is 9.94. The molecule has 0 unspecified atom stereocenters. The zero-order chi connectivity index (χ0) is 17.3. The van der Waals surface area contributed by atoms with Gasteiger partial charge in [-0.2, -0.15) is 0 Å². The predicted octanol–water partition coefficient (Wildman–Crippen LogP) is 3.15. The van der Waals surface area contributed by atoms with Crippen molar-refractivity contribution in [2.45, 2.75) is 45.7 Å². The lowest BCUT2D eigenvalue weighted by Crippen LogP contribution is -2.26. The van der Waals surface area contributed by atoms with Crippen molar-refractivity contribution < 1.29 is 13.9 Å². The summed E-state index contributed by atoms with van der Waals surface area (Å²) in [6.07, 6.45) is 1.79. The molecule has 3 rings (SSSR count). The summed E-state index contributed by atoms with van der Waals surface area (Å²) in [4.78, 5) is 15.8. The predicted molar refractivity (Wildman–Crippen MR) is 91.0 cm³/mol. The Morgan fingerprint density at radius 3 is 2.88 bits per heavy atom. The number of amides is 1. The second-order valence-corrected chi connectivity index (χ2v) is 7.06. The molecular formula is C18H23N3O3. The maximum Gasteiger partial charge on any atom is 0.262 e. The van der Waals surface area contributed by atoms with Gasteiger partial charge in [0.05, 0.1) is 18.4 Å². The number of aromatic nitrogens is 1. The van der Waals surface area contributed by atoms with Gasteiger partial charge < -0.3 is 19.8 Å². The van der Waals surface area contributed by atoms with Gasteiger partial charge in [-0.1, -0.05) is 26.8 Å². The molecule has 1 aliphatic rings. The average Bonchev–Trinajstić information content (AvgIpc) is 3.01. The molecule has 2 heterocycles. The third-order valence-corrected chi connectivity index (χ3v) is 3.99. The summed E-state index contributed by atoms with van der Waals surface area (Å²) >= 11 is 0. The van der Waals surface area contributed by atoms with Gasteiger partial charge in [0.1, 0.15) is 11.5 Å². The summed E-state index contributed by atoms with van der Waals surface area (Å²) in [5.74, 6) is 2.12. The van der Waals surface area contributed by atoms with Gasteiger partial charge in [0.25, 0.3) is 5.91 Å². The molecule has 6 nitrogen and oxygen atoms in total. The highest BCUT2D eigenvalue weighted by Crippen LogP contribution is 2.30. The summed E-state index contributed by atoms with van der Waals surface area (Å²) in [6.45, 7) is 8.95. The Kier molecular flexibility index (Phi) is 4.32. The standard InChI is InChI=1S/C18H23N3O3/c1-11(19-9-17-20-8-15(24-17)18(2,3)4)12-5-6-14-13(7-12)21-16(22)10-23-14/h5-8,11,19H,9-10H2,1-4H3,(H,21,22)/t11-/m1/s1. The summed E-state index contributed by atoms with van der Waals surface area (Å²) < 4.78 is 11.2. The zero-order valence-corrected chi connectivity index (χ0v) is 14.5. The molecule has 1 aromatic heterocycles. The first-order valence-electron chi connectivity index (χ1n) is 8.08. The minimum atomic E-state index is -0.130. The smallest absolute Gasteiger partial charge is 0.262 e. The maximum atomic E-state index is 11.4. The van der Waals surface area contributed by atoms with E-state index in [4.69, 9.17) is 9.15 Å². The Hall–Kier alpha value is -2.34. The van der Waals surface area contributed by atoms with E-state index in [2.05, 4.69) is 43.3 Å². The highest BCUT2D eigenvalue weighted by Gasteiger charge is 2.20. The zero-order valence-electron chi connectivity index (χ0n) is 14.5. The third kappa shape index (κ3) is 3.59. The number of anilines is 1. The Labute approximate surface area is 141 Å². The summed E-state index contributed by atoms with van der Waals surface area (Å²) in [6, 6.07) is 5.88. The van der Waals surface area contributed by atoms with Crippen LogP contribution in [-0.4, -0.2) is 17.5 Å². The van der Waals surface area contributed by atoms with E-state index in [0.717, 1.165) is 11.3 Å². The van der Waals surface area contributed by atoms with E-state index in [9.17, 15) is 4.79 Å². The van der Waals surface area contributed by atoms with Gasteiger partial charge in [-0.15, -0.1) is 0 Å². The molecule has 0 aliphatic carbocycles. The molecule has 0 radical (unpaired) electrons. The molecule has 6 heteroatoms. The van der Waals surface area contributed by atoms with E-state index < -0.39 is 0 Å². The Balaban J connectivity index is 1.65. The lowest BCUT2D eigenvalue weighted by Gasteiger charge is -2.20. The van der Waals surface area contributed by atoms with Gasteiger partial charge in [0.2, 0.25) is 5.89 Å². The second kappa shape index (κ2) is 6.28. The van der Waals surface area contributed by atoms with Crippen molar-refractivity contribution in [3.05, 3.63) is 41.6 Å². The molecule has 128 valence electrons. The molecule has 1 aliphatic heterocycles. The van der Waals surface area contributed by atoms with Crippen LogP contribution in [0.25, 0.3) is 0 Å². The van der Waals surface area contributed by atoms with Crippen LogP contribution < -0.4 is 15.4 Å². The maximum absolute atomic E-state index is 11.4. The first kappa shape index (κ1) is 16.5. The monoisotopic (exact) mass is 329 g/mol. The van der Waals surface area contributed by atoms with Crippen molar-refractivity contribution in [3.8, 4) is 5.75 Å². The first-order chi connectivity index (χ1) is 11.3. The number of hydrogen-bond acceptors (Lipinski definition) is 5. The molecule has 0 saturated carbocycles. The Morgan fingerprint density at radius 1 is 1.38 bits per heavy atom. The van der Waals surface area contributed by atoms with Gasteiger partial charge in [-0.05, 0) is 24.6 Å². The van der Waals surface area contributed by atoms with Crippen LogP contribution >= 0.6 is 0 Å². The number of fused-ring (bicyclic) bond motifs is 1. The van der Waals surface area contributed by atoms with E-state index in [0.29, 0.717) is 23.9 Å². The van der Waals surface area contributed by atoms with Crippen LogP contribution in [0.1, 0.15) is 51.0 Å². The van der Waals surface area contributed by atoms with E-state index in [1.807, 2.05) is 18.2 Å². The van der Waals surface area contributed by atoms with Crippen LogP contribution in [-0.2, 0) is 16.8 Å². The number of oxazole rings is 1. The van der Waals surface area contributed by atoms with Crippen LogP contribution in [0.3, 0.4) is 0 Å². The SMILES string of the molecule is C[C@@H](NCc1ncc(C(C)(C)C)o1)c1ccc2c(c1)NC(=O)CO2. The molecule has 0 saturated heterocycles. The first-order valence-corrected chi connectivity index (χ1v) is 8.08. The summed E-state index contributed by atoms with van der Waals surface area (Å²) in [7, 11) is 0. The average molecular weight is 329 g/mol. The highest BCUT2D eigenvalue weighted by molar-refractivity contribution is 5.95. The fourth-order valence-electron chi connectivity index (χ4n) is 2.47. The van der Waals surface area contributed by atoms with Gasteiger partial charge in [0, 0.05) is 11.5 Å². The van der Waals surface area contributed by atoms with Crippen molar-refractivity contribution in [2.75, 3.05) is 11.9 Å². The second-order valence-electron chi connectivity index (χ2n) is 7.06. The lowest BCUT2D eigenvalue weighted by molar-refractivity contribution is -0.118. The minimum absolute atomic E-state index is 0.0480. The molecule has 0 spiro atoms. The van der Waals surface area contributed by atoms with Crippen LogP contribution in [0.15, 0.2) is 28.8 Å². The molecule has 24 heavy (non-hydrogen) atoms. The number of carbonyl (C=O) groups is 1. The quantitative estimate of drug-likeness (QED) is 0.901.